The second kappa shape index (κ2) is 21.9. The first-order valence-electron chi connectivity index (χ1n) is 14.7. The summed E-state index contributed by atoms with van der Waals surface area (Å²) in [4.78, 5) is 12.3. The second-order valence-electron chi connectivity index (χ2n) is 10.9. The van der Waals surface area contributed by atoms with Crippen molar-refractivity contribution in [2.75, 3.05) is 14.1 Å². The van der Waals surface area contributed by atoms with E-state index >= 15 is 0 Å². The average molecular weight is 470 g/mol. The van der Waals surface area contributed by atoms with Gasteiger partial charge in [0.25, 0.3) is 0 Å². The number of carbonyl (C=O) groups is 1. The summed E-state index contributed by atoms with van der Waals surface area (Å²) in [6.07, 6.45) is 26.9. The summed E-state index contributed by atoms with van der Waals surface area (Å²) in [6.45, 7) is 6.13. The first-order chi connectivity index (χ1) is 15.9. The number of nitrogens with one attached hydrogen (secondary N) is 1. The minimum Gasteiger partial charge on any atom is -0.345 e. The highest BCUT2D eigenvalue weighted by Gasteiger charge is 2.32. The van der Waals surface area contributed by atoms with E-state index in [1.807, 2.05) is 14.1 Å². The lowest BCUT2D eigenvalue weighted by atomic mass is 10.0. The summed E-state index contributed by atoms with van der Waals surface area (Å²) in [6, 6.07) is 0. The molecule has 198 valence electrons. The molecule has 2 unspecified atom stereocenters. The fourth-order valence-electron chi connectivity index (χ4n) is 4.62. The number of unbranched alkanes of at least 4 members (excludes halogenated alkanes) is 18. The van der Waals surface area contributed by atoms with E-state index in [9.17, 15) is 9.90 Å². The van der Waals surface area contributed by atoms with E-state index in [0.717, 1.165) is 19.3 Å². The van der Waals surface area contributed by atoms with Crippen LogP contribution in [0.15, 0.2) is 0 Å². The average Bonchev–Trinajstić information content (AvgIpc) is 2.78. The minimum atomic E-state index is -0.495. The number of rotatable bonds is 24. The fourth-order valence-corrected chi connectivity index (χ4v) is 4.62. The number of aliphatic hydroxyl groups excluding tert-OH is 1. The lowest BCUT2D eigenvalue weighted by molar-refractivity contribution is -0.959. The van der Waals surface area contributed by atoms with Crippen LogP contribution in [0.2, 0.25) is 0 Å². The van der Waals surface area contributed by atoms with Crippen molar-refractivity contribution < 1.29 is 14.4 Å². The van der Waals surface area contributed by atoms with Gasteiger partial charge >= 0.3 is 0 Å². The van der Waals surface area contributed by atoms with Gasteiger partial charge in [0.1, 0.15) is 0 Å². The van der Waals surface area contributed by atoms with Crippen LogP contribution < -0.4 is 5.32 Å². The molecule has 2 atom stereocenters. The van der Waals surface area contributed by atoms with Crippen LogP contribution in [0.5, 0.6) is 0 Å². The molecular weight excluding hydrogens is 408 g/mol. The third kappa shape index (κ3) is 18.4. The number of hydrogen-bond acceptors (Lipinski definition) is 2. The van der Waals surface area contributed by atoms with Crippen LogP contribution in [-0.4, -0.2) is 42.0 Å². The summed E-state index contributed by atoms with van der Waals surface area (Å²) < 4.78 is 0.404. The molecule has 0 aromatic rings. The zero-order chi connectivity index (χ0) is 24.8. The molecule has 2 N–H and O–H groups in total. The maximum absolute atomic E-state index is 12.3. The van der Waals surface area contributed by atoms with E-state index in [1.165, 1.54) is 109 Å². The fraction of sp³-hybridized carbons (Fsp3) is 0.966. The molecule has 1 amide bonds. The van der Waals surface area contributed by atoms with Crippen LogP contribution in [-0.2, 0) is 4.79 Å². The molecule has 0 rings (SSSR count). The van der Waals surface area contributed by atoms with Gasteiger partial charge in [-0.15, -0.1) is 0 Å². The summed E-state index contributed by atoms with van der Waals surface area (Å²) in [7, 11) is 3.94. The zero-order valence-corrected chi connectivity index (χ0v) is 23.3. The molecule has 0 saturated heterocycles. The van der Waals surface area contributed by atoms with Gasteiger partial charge in [-0.1, -0.05) is 129 Å². The minimum absolute atomic E-state index is 0.0298. The highest BCUT2D eigenvalue weighted by atomic mass is 16.3. The maximum Gasteiger partial charge on any atom is 0.224 e. The van der Waals surface area contributed by atoms with Crippen molar-refractivity contribution in [3.05, 3.63) is 0 Å². The van der Waals surface area contributed by atoms with Gasteiger partial charge in [-0.3, -0.25) is 9.28 Å². The first kappa shape index (κ1) is 32.4. The Morgan fingerprint density at radius 2 is 1.00 bits per heavy atom. The predicted octanol–water partition coefficient (Wildman–Crippen LogP) is 8.08. The molecule has 0 spiro atoms. The molecule has 4 nitrogen and oxygen atoms in total. The monoisotopic (exact) mass is 469 g/mol. The van der Waals surface area contributed by atoms with Crippen molar-refractivity contribution in [2.45, 2.75) is 168 Å². The molecule has 0 bridgehead atoms. The van der Waals surface area contributed by atoms with Gasteiger partial charge in [0, 0.05) is 19.8 Å². The van der Waals surface area contributed by atoms with Gasteiger partial charge in [0.15, 0.2) is 12.4 Å². The van der Waals surface area contributed by atoms with Crippen molar-refractivity contribution in [2.24, 2.45) is 0 Å². The Bertz CT molecular complexity index is 437. The number of carbonyl (C=O) groups excluding carboxylic acids is 1. The SMILES string of the molecule is CCCCCCCCCCCCCCCCCCCCCC(=O)NC(CC)[N+](C)(C)C(C)O. The molecule has 0 aliphatic carbocycles. The van der Waals surface area contributed by atoms with Crippen LogP contribution in [0.1, 0.15) is 156 Å². The number of nitrogens with zero attached hydrogens (tertiary/aromatic N) is 1. The first-order valence-corrected chi connectivity index (χ1v) is 14.7. The highest BCUT2D eigenvalue weighted by Crippen LogP contribution is 2.15. The van der Waals surface area contributed by atoms with Gasteiger partial charge in [-0.25, -0.2) is 0 Å². The molecule has 0 aliphatic heterocycles. The number of quaternary nitrogens is 1. The Morgan fingerprint density at radius 3 is 1.30 bits per heavy atom. The number of aliphatic hydroxyl groups is 1. The normalized spacial score (nSPS) is 13.8. The molecule has 0 aromatic carbocycles. The van der Waals surface area contributed by atoms with Gasteiger partial charge < -0.3 is 10.4 Å². The van der Waals surface area contributed by atoms with E-state index in [2.05, 4.69) is 19.2 Å². The van der Waals surface area contributed by atoms with Crippen molar-refractivity contribution >= 4 is 5.91 Å². The summed E-state index contributed by atoms with van der Waals surface area (Å²) in [5.41, 5.74) is 0. The Hall–Kier alpha value is -0.610. The summed E-state index contributed by atoms with van der Waals surface area (Å²) in [5, 5.41) is 13.1. The van der Waals surface area contributed by atoms with E-state index in [0.29, 0.717) is 10.9 Å². The van der Waals surface area contributed by atoms with Gasteiger partial charge in [-0.05, 0) is 6.42 Å². The van der Waals surface area contributed by atoms with Crippen molar-refractivity contribution in [1.82, 2.24) is 5.32 Å². The zero-order valence-electron chi connectivity index (χ0n) is 23.3. The molecule has 0 fully saturated rings. The molecule has 0 aromatic heterocycles. The molecule has 0 saturated carbocycles. The van der Waals surface area contributed by atoms with Crippen molar-refractivity contribution in [3.8, 4) is 0 Å². The Balaban J connectivity index is 3.41. The Morgan fingerprint density at radius 1 is 0.667 bits per heavy atom. The Labute approximate surface area is 207 Å². The quantitative estimate of drug-likeness (QED) is 0.0852. The highest BCUT2D eigenvalue weighted by molar-refractivity contribution is 5.75. The van der Waals surface area contributed by atoms with E-state index in [4.69, 9.17) is 0 Å². The predicted molar refractivity (Wildman–Crippen MR) is 144 cm³/mol. The maximum atomic E-state index is 12.3. The topological polar surface area (TPSA) is 49.3 Å². The Kier molecular flexibility index (Phi) is 21.5. The smallest absolute Gasteiger partial charge is 0.224 e. The van der Waals surface area contributed by atoms with Crippen LogP contribution >= 0.6 is 0 Å². The van der Waals surface area contributed by atoms with Gasteiger partial charge in [0.05, 0.1) is 14.1 Å². The molecule has 0 heterocycles. The van der Waals surface area contributed by atoms with Crippen LogP contribution in [0, 0.1) is 0 Å². The van der Waals surface area contributed by atoms with E-state index in [-0.39, 0.29) is 12.1 Å². The molecule has 4 heteroatoms. The molecule has 33 heavy (non-hydrogen) atoms. The third-order valence-electron chi connectivity index (χ3n) is 7.49. The lowest BCUT2D eigenvalue weighted by Gasteiger charge is -2.40. The van der Waals surface area contributed by atoms with E-state index < -0.39 is 6.23 Å². The third-order valence-corrected chi connectivity index (χ3v) is 7.49. The largest absolute Gasteiger partial charge is 0.345 e. The molecular formula is C29H61N2O2+. The van der Waals surface area contributed by atoms with Gasteiger partial charge in [-0.2, -0.15) is 0 Å². The molecule has 0 aliphatic rings. The second-order valence-corrected chi connectivity index (χ2v) is 10.9. The van der Waals surface area contributed by atoms with Crippen molar-refractivity contribution in [3.63, 3.8) is 0 Å². The number of amides is 1. The standard InChI is InChI=1S/C29H60N2O2/c1-6-8-9-10-11-12-13-14-15-16-17-18-19-20-21-22-23-24-25-26-29(33)30-28(7-2)31(4,5)27(3)32/h27-28,32H,6-26H2,1-5H3/p+1. The number of hydrogen-bond donors (Lipinski definition) is 2. The van der Waals surface area contributed by atoms with E-state index in [1.54, 1.807) is 6.92 Å². The summed E-state index contributed by atoms with van der Waals surface area (Å²) in [5.74, 6) is 0.126. The van der Waals surface area contributed by atoms with Crippen LogP contribution in [0.4, 0.5) is 0 Å². The molecule has 0 radical (unpaired) electrons. The van der Waals surface area contributed by atoms with Crippen LogP contribution in [0.25, 0.3) is 0 Å². The summed E-state index contributed by atoms with van der Waals surface area (Å²) >= 11 is 0. The van der Waals surface area contributed by atoms with Gasteiger partial charge in [0.2, 0.25) is 5.91 Å². The van der Waals surface area contributed by atoms with Crippen LogP contribution in [0.3, 0.4) is 0 Å². The lowest BCUT2D eigenvalue weighted by Crippen LogP contribution is -2.61. The van der Waals surface area contributed by atoms with Crippen molar-refractivity contribution in [1.29, 1.82) is 0 Å².